The second-order valence-corrected chi connectivity index (χ2v) is 5.58. The Morgan fingerprint density at radius 3 is 2.31 bits per heavy atom. The fraction of sp³-hybridized carbons (Fsp3) is 0.211. The van der Waals surface area contributed by atoms with Crippen LogP contribution in [0.4, 0.5) is 11.4 Å². The molecule has 0 aliphatic rings. The Morgan fingerprint density at radius 2 is 1.62 bits per heavy atom. The minimum Gasteiger partial charge on any atom is -0.496 e. The molecule has 0 saturated heterocycles. The van der Waals surface area contributed by atoms with Gasteiger partial charge in [0.1, 0.15) is 12.2 Å². The summed E-state index contributed by atoms with van der Waals surface area (Å²) < 4.78 is 5.22. The third-order valence-electron chi connectivity index (χ3n) is 3.46. The molecule has 26 heavy (non-hydrogen) atoms. The van der Waals surface area contributed by atoms with E-state index in [1.807, 2.05) is 18.2 Å². The molecule has 3 amide bonds. The zero-order valence-corrected chi connectivity index (χ0v) is 14.7. The molecule has 0 bridgehead atoms. The molecule has 0 saturated carbocycles. The van der Waals surface area contributed by atoms with Gasteiger partial charge in [0, 0.05) is 30.4 Å². The average Bonchev–Trinajstić information content (AvgIpc) is 2.59. The van der Waals surface area contributed by atoms with Gasteiger partial charge in [-0.2, -0.15) is 0 Å². The molecule has 0 radical (unpaired) electrons. The molecule has 0 aromatic heterocycles. The highest BCUT2D eigenvalue weighted by Gasteiger charge is 2.11. The first-order valence-corrected chi connectivity index (χ1v) is 8.04. The van der Waals surface area contributed by atoms with Crippen LogP contribution in [0.1, 0.15) is 18.9 Å². The number of amides is 3. The van der Waals surface area contributed by atoms with E-state index in [1.54, 1.807) is 37.4 Å². The first-order valence-electron chi connectivity index (χ1n) is 8.04. The Morgan fingerprint density at radius 1 is 0.923 bits per heavy atom. The van der Waals surface area contributed by atoms with Gasteiger partial charge in [0.25, 0.3) is 0 Å². The number of hydrogen-bond acceptors (Lipinski definition) is 4. The molecule has 0 fully saturated rings. The molecule has 3 N–H and O–H groups in total. The molecular weight excluding hydrogens is 334 g/mol. The van der Waals surface area contributed by atoms with Crippen molar-refractivity contribution in [2.45, 2.75) is 19.9 Å². The quantitative estimate of drug-likeness (QED) is 0.664. The van der Waals surface area contributed by atoms with Crippen LogP contribution in [0, 0.1) is 0 Å². The van der Waals surface area contributed by atoms with Crippen molar-refractivity contribution in [3.8, 4) is 5.75 Å². The highest BCUT2D eigenvalue weighted by molar-refractivity contribution is 6.03. The number of carbonyl (C=O) groups excluding carboxylic acids is 3. The summed E-state index contributed by atoms with van der Waals surface area (Å²) in [5.74, 6) is -0.370. The maximum Gasteiger partial charge on any atom is 0.233 e. The summed E-state index contributed by atoms with van der Waals surface area (Å²) in [7, 11) is 1.56. The van der Waals surface area contributed by atoms with Crippen molar-refractivity contribution in [1.82, 2.24) is 5.32 Å². The summed E-state index contributed by atoms with van der Waals surface area (Å²) in [6.07, 6.45) is -0.306. The standard InChI is InChI=1S/C19H21N3O4/c1-13(23)21-15-7-5-8-16(10-15)22-19(25)11-18(24)20-12-14-6-3-4-9-17(14)26-2/h3-10H,11-12H2,1-2H3,(H,20,24)(H,21,23)(H,22,25). The van der Waals surface area contributed by atoms with Crippen molar-refractivity contribution in [3.63, 3.8) is 0 Å². The van der Waals surface area contributed by atoms with Gasteiger partial charge in [-0.3, -0.25) is 14.4 Å². The van der Waals surface area contributed by atoms with E-state index in [2.05, 4.69) is 16.0 Å². The molecule has 0 atom stereocenters. The fourth-order valence-electron chi connectivity index (χ4n) is 2.33. The Kier molecular flexibility index (Phi) is 6.73. The monoisotopic (exact) mass is 355 g/mol. The number of hydrogen-bond donors (Lipinski definition) is 3. The van der Waals surface area contributed by atoms with Gasteiger partial charge in [0.2, 0.25) is 17.7 Å². The molecule has 2 aromatic rings. The van der Waals surface area contributed by atoms with Crippen LogP contribution in [-0.2, 0) is 20.9 Å². The van der Waals surface area contributed by atoms with Gasteiger partial charge >= 0.3 is 0 Å². The highest BCUT2D eigenvalue weighted by atomic mass is 16.5. The normalized spacial score (nSPS) is 9.92. The molecule has 2 aromatic carbocycles. The largest absolute Gasteiger partial charge is 0.496 e. The van der Waals surface area contributed by atoms with Gasteiger partial charge in [-0.25, -0.2) is 0 Å². The van der Waals surface area contributed by atoms with Crippen LogP contribution in [-0.4, -0.2) is 24.8 Å². The molecule has 2 rings (SSSR count). The van der Waals surface area contributed by atoms with E-state index in [-0.39, 0.29) is 18.9 Å². The van der Waals surface area contributed by atoms with Gasteiger partial charge in [-0.15, -0.1) is 0 Å². The van der Waals surface area contributed by atoms with Crippen LogP contribution in [0.15, 0.2) is 48.5 Å². The first kappa shape index (κ1) is 19.0. The summed E-state index contributed by atoms with van der Waals surface area (Å²) >= 11 is 0. The molecule has 0 heterocycles. The number of nitrogens with one attached hydrogen (secondary N) is 3. The van der Waals surface area contributed by atoms with Crippen molar-refractivity contribution >= 4 is 29.1 Å². The number of methoxy groups -OCH3 is 1. The average molecular weight is 355 g/mol. The number of ether oxygens (including phenoxy) is 1. The molecule has 0 aliphatic carbocycles. The predicted octanol–water partition coefficient (Wildman–Crippen LogP) is 2.30. The van der Waals surface area contributed by atoms with Crippen LogP contribution in [0.3, 0.4) is 0 Å². The minimum absolute atomic E-state index is 0.204. The SMILES string of the molecule is COc1ccccc1CNC(=O)CC(=O)Nc1cccc(NC(C)=O)c1. The van der Waals surface area contributed by atoms with E-state index >= 15 is 0 Å². The fourth-order valence-corrected chi connectivity index (χ4v) is 2.33. The Balaban J connectivity index is 1.85. The van der Waals surface area contributed by atoms with Gasteiger partial charge in [-0.1, -0.05) is 24.3 Å². The van der Waals surface area contributed by atoms with Crippen molar-refractivity contribution < 1.29 is 19.1 Å². The molecule has 0 unspecified atom stereocenters. The highest BCUT2D eigenvalue weighted by Crippen LogP contribution is 2.17. The summed E-state index contributed by atoms with van der Waals surface area (Å²) in [5, 5.41) is 7.95. The lowest BCUT2D eigenvalue weighted by Crippen LogP contribution is -2.27. The van der Waals surface area contributed by atoms with Crippen molar-refractivity contribution in [2.24, 2.45) is 0 Å². The molecule has 136 valence electrons. The van der Waals surface area contributed by atoms with Gasteiger partial charge in [0.15, 0.2) is 0 Å². The maximum absolute atomic E-state index is 12.0. The van der Waals surface area contributed by atoms with Gasteiger partial charge in [0.05, 0.1) is 7.11 Å². The molecule has 7 nitrogen and oxygen atoms in total. The third-order valence-corrected chi connectivity index (χ3v) is 3.46. The second-order valence-electron chi connectivity index (χ2n) is 5.58. The lowest BCUT2D eigenvalue weighted by Gasteiger charge is -2.10. The molecule has 7 heteroatoms. The third kappa shape index (κ3) is 5.94. The van der Waals surface area contributed by atoms with E-state index in [9.17, 15) is 14.4 Å². The van der Waals surface area contributed by atoms with Crippen LogP contribution < -0.4 is 20.7 Å². The number of carbonyl (C=O) groups is 3. The van der Waals surface area contributed by atoms with Crippen molar-refractivity contribution in [2.75, 3.05) is 17.7 Å². The van der Waals surface area contributed by atoms with Crippen LogP contribution in [0.25, 0.3) is 0 Å². The minimum atomic E-state index is -0.442. The van der Waals surface area contributed by atoms with E-state index in [1.165, 1.54) is 6.92 Å². The van der Waals surface area contributed by atoms with E-state index in [0.29, 0.717) is 17.1 Å². The number of benzene rings is 2. The predicted molar refractivity (Wildman–Crippen MR) is 98.8 cm³/mol. The topological polar surface area (TPSA) is 96.5 Å². The number of anilines is 2. The van der Waals surface area contributed by atoms with Gasteiger partial charge < -0.3 is 20.7 Å². The second kappa shape index (κ2) is 9.22. The lowest BCUT2D eigenvalue weighted by atomic mass is 10.2. The summed E-state index contributed by atoms with van der Waals surface area (Å²) in [6, 6.07) is 14.0. The Hall–Kier alpha value is -3.35. The van der Waals surface area contributed by atoms with Crippen LogP contribution >= 0.6 is 0 Å². The van der Waals surface area contributed by atoms with Crippen molar-refractivity contribution in [3.05, 3.63) is 54.1 Å². The number of para-hydroxylation sites is 1. The Labute approximate surface area is 151 Å². The van der Waals surface area contributed by atoms with Gasteiger partial charge in [-0.05, 0) is 24.3 Å². The smallest absolute Gasteiger partial charge is 0.233 e. The zero-order chi connectivity index (χ0) is 18.9. The number of rotatable bonds is 7. The van der Waals surface area contributed by atoms with E-state index < -0.39 is 11.8 Å². The van der Waals surface area contributed by atoms with E-state index in [0.717, 1.165) is 5.56 Å². The first-order chi connectivity index (χ1) is 12.5. The Bertz CT molecular complexity index is 805. The molecule has 0 spiro atoms. The maximum atomic E-state index is 12.0. The summed E-state index contributed by atoms with van der Waals surface area (Å²) in [4.78, 5) is 35.0. The van der Waals surface area contributed by atoms with Crippen LogP contribution in [0.5, 0.6) is 5.75 Å². The summed E-state index contributed by atoms with van der Waals surface area (Å²) in [5.41, 5.74) is 1.89. The summed E-state index contributed by atoms with van der Waals surface area (Å²) in [6.45, 7) is 1.67. The zero-order valence-electron chi connectivity index (χ0n) is 14.7. The van der Waals surface area contributed by atoms with Crippen LogP contribution in [0.2, 0.25) is 0 Å². The lowest BCUT2D eigenvalue weighted by molar-refractivity contribution is -0.127. The van der Waals surface area contributed by atoms with E-state index in [4.69, 9.17) is 4.74 Å². The van der Waals surface area contributed by atoms with Crippen molar-refractivity contribution in [1.29, 1.82) is 0 Å². The molecule has 0 aliphatic heterocycles. The molecular formula is C19H21N3O4.